The van der Waals surface area contributed by atoms with Gasteiger partial charge >= 0.3 is 0 Å². The molecule has 4 aromatic rings. The first-order valence-corrected chi connectivity index (χ1v) is 10.5. The molecule has 0 aliphatic carbocycles. The number of aromatic hydroxyl groups is 1. The first-order chi connectivity index (χ1) is 12.8. The third-order valence-corrected chi connectivity index (χ3v) is 8.96. The number of phenols is 1. The Kier molecular flexibility index (Phi) is 6.11. The second-order valence-electron chi connectivity index (χ2n) is 6.19. The fourth-order valence-corrected chi connectivity index (χ4v) is 7.77. The van der Waals surface area contributed by atoms with E-state index in [-0.39, 0.29) is 17.0 Å². The summed E-state index contributed by atoms with van der Waals surface area (Å²) in [6.07, 6.45) is 0. The molecule has 4 aromatic carbocycles. The summed E-state index contributed by atoms with van der Waals surface area (Å²) in [7, 11) is -2.04. The Labute approximate surface area is 171 Å². The molecule has 27 heavy (non-hydrogen) atoms. The van der Waals surface area contributed by atoms with Gasteiger partial charge in [-0.15, -0.1) is 0 Å². The van der Waals surface area contributed by atoms with Crippen molar-refractivity contribution in [1.29, 1.82) is 0 Å². The monoisotopic (exact) mass is 434 g/mol. The van der Waals surface area contributed by atoms with Crippen molar-refractivity contribution < 1.29 is 22.1 Å². The largest absolute Gasteiger partial charge is 1.00 e. The maximum absolute atomic E-state index is 9.85. The van der Waals surface area contributed by atoms with E-state index >= 15 is 0 Å². The summed E-state index contributed by atoms with van der Waals surface area (Å²) in [5, 5.41) is 15.0. The maximum Gasteiger partial charge on any atom is 0.144 e. The predicted molar refractivity (Wildman–Crippen MR) is 113 cm³/mol. The van der Waals surface area contributed by atoms with E-state index in [0.29, 0.717) is 5.75 Å². The second kappa shape index (κ2) is 8.52. The fraction of sp³-hybridized carbons (Fsp3) is 0. The minimum Gasteiger partial charge on any atom is -1.00 e. The lowest BCUT2D eigenvalue weighted by Crippen LogP contribution is -3.00. The molecule has 0 aliphatic rings. The zero-order valence-corrected chi connectivity index (χ0v) is 17.2. The van der Waals surface area contributed by atoms with Gasteiger partial charge in [-0.05, 0) is 60.7 Å². The van der Waals surface area contributed by atoms with Crippen molar-refractivity contribution in [2.24, 2.45) is 0 Å². The van der Waals surface area contributed by atoms with Crippen LogP contribution in [0.25, 0.3) is 0 Å². The molecule has 1 nitrogen and oxygen atoms in total. The van der Waals surface area contributed by atoms with Gasteiger partial charge in [0.15, 0.2) is 0 Å². The molecule has 4 rings (SSSR count). The van der Waals surface area contributed by atoms with Gasteiger partial charge in [-0.25, -0.2) is 0 Å². The minimum absolute atomic E-state index is 0. The molecule has 0 radical (unpaired) electrons. The topological polar surface area (TPSA) is 20.2 Å². The fourth-order valence-electron chi connectivity index (χ4n) is 3.53. The molecule has 0 bridgehead atoms. The lowest BCUT2D eigenvalue weighted by molar-refractivity contribution is -0.00000598. The van der Waals surface area contributed by atoms with Crippen molar-refractivity contribution in [3.05, 3.63) is 115 Å². The molecule has 0 aliphatic heterocycles. The van der Waals surface area contributed by atoms with Crippen LogP contribution in [0.2, 0.25) is 0 Å². The van der Waals surface area contributed by atoms with Crippen LogP contribution in [-0.2, 0) is 0 Å². The number of hydrogen-bond donors (Lipinski definition) is 1. The molecule has 0 unspecified atom stereocenters. The molecule has 0 spiro atoms. The first-order valence-electron chi connectivity index (χ1n) is 8.67. The maximum atomic E-state index is 9.85. The summed E-state index contributed by atoms with van der Waals surface area (Å²) in [5.41, 5.74) is 0. The lowest BCUT2D eigenvalue weighted by atomic mass is 10.3. The summed E-state index contributed by atoms with van der Waals surface area (Å²) >= 11 is 0. The number of benzene rings is 4. The van der Waals surface area contributed by atoms with Gasteiger partial charge in [0, 0.05) is 0 Å². The van der Waals surface area contributed by atoms with Crippen molar-refractivity contribution in [3.8, 4) is 5.75 Å². The zero-order valence-electron chi connectivity index (χ0n) is 14.7. The van der Waals surface area contributed by atoms with Crippen LogP contribution >= 0.6 is 7.26 Å². The van der Waals surface area contributed by atoms with Crippen LogP contribution in [0.15, 0.2) is 115 Å². The molecule has 134 valence electrons. The average molecular weight is 435 g/mol. The van der Waals surface area contributed by atoms with Crippen molar-refractivity contribution in [2.75, 3.05) is 0 Å². The molecular formula is C24H20BrOP. The van der Waals surface area contributed by atoms with Gasteiger partial charge in [0.25, 0.3) is 0 Å². The normalized spacial score (nSPS) is 10.8. The molecule has 3 heteroatoms. The van der Waals surface area contributed by atoms with Gasteiger partial charge in [0.2, 0.25) is 0 Å². The molecular weight excluding hydrogens is 415 g/mol. The van der Waals surface area contributed by atoms with E-state index in [1.165, 1.54) is 21.2 Å². The average Bonchev–Trinajstić information content (AvgIpc) is 2.72. The highest BCUT2D eigenvalue weighted by atomic mass is 79.9. The third kappa shape index (κ3) is 3.56. The second-order valence-corrected chi connectivity index (χ2v) is 9.60. The van der Waals surface area contributed by atoms with Crippen molar-refractivity contribution in [3.63, 3.8) is 0 Å². The molecule has 0 saturated carbocycles. The summed E-state index contributed by atoms with van der Waals surface area (Å²) < 4.78 is 0. The number of phenolic OH excluding ortho intramolecular Hbond substituents is 1. The van der Waals surface area contributed by atoms with Crippen LogP contribution in [0.4, 0.5) is 0 Å². The first kappa shape index (κ1) is 19.4. The Morgan fingerprint density at radius 3 is 1.04 bits per heavy atom. The summed E-state index contributed by atoms with van der Waals surface area (Å²) in [6, 6.07) is 39.9. The SMILES string of the molecule is Oc1ccc([P+](c2ccccc2)(c2ccccc2)c2ccccc2)cc1.[Br-]. The Morgan fingerprint density at radius 1 is 0.407 bits per heavy atom. The van der Waals surface area contributed by atoms with Crippen molar-refractivity contribution >= 4 is 28.5 Å². The molecule has 1 N–H and O–H groups in total. The van der Waals surface area contributed by atoms with Gasteiger partial charge in [-0.2, -0.15) is 0 Å². The molecule has 0 heterocycles. The number of halogens is 1. The molecule has 0 aromatic heterocycles. The van der Waals surface area contributed by atoms with Crippen molar-refractivity contribution in [2.45, 2.75) is 0 Å². The van der Waals surface area contributed by atoms with E-state index in [1.807, 2.05) is 0 Å². The summed E-state index contributed by atoms with van der Waals surface area (Å²) in [6.45, 7) is 0. The van der Waals surface area contributed by atoms with E-state index in [9.17, 15) is 5.11 Å². The highest BCUT2D eigenvalue weighted by Gasteiger charge is 2.47. The van der Waals surface area contributed by atoms with Crippen LogP contribution in [0.1, 0.15) is 0 Å². The van der Waals surface area contributed by atoms with Gasteiger partial charge in [0.1, 0.15) is 34.2 Å². The van der Waals surface area contributed by atoms with Crippen LogP contribution in [-0.4, -0.2) is 5.11 Å². The summed E-state index contributed by atoms with van der Waals surface area (Å²) in [4.78, 5) is 0. The Balaban J connectivity index is 0.00000210. The van der Waals surface area contributed by atoms with Crippen LogP contribution < -0.4 is 38.2 Å². The summed E-state index contributed by atoms with van der Waals surface area (Å²) in [5.74, 6) is 0.293. The predicted octanol–water partition coefficient (Wildman–Crippen LogP) is 1.02. The van der Waals surface area contributed by atoms with Gasteiger partial charge in [0.05, 0.1) is 0 Å². The zero-order chi connectivity index (χ0) is 17.8. The van der Waals surface area contributed by atoms with Crippen LogP contribution in [0.5, 0.6) is 5.75 Å². The molecule has 0 atom stereocenters. The minimum atomic E-state index is -2.04. The molecule has 0 saturated heterocycles. The van der Waals surface area contributed by atoms with Crippen molar-refractivity contribution in [1.82, 2.24) is 0 Å². The Hall–Kier alpha value is -2.41. The van der Waals surface area contributed by atoms with E-state index in [4.69, 9.17) is 0 Å². The highest BCUT2D eigenvalue weighted by Crippen LogP contribution is 2.54. The number of hydrogen-bond acceptors (Lipinski definition) is 1. The van der Waals surface area contributed by atoms with Gasteiger partial charge < -0.3 is 22.1 Å². The third-order valence-electron chi connectivity index (χ3n) is 4.67. The van der Waals surface area contributed by atoms with Crippen LogP contribution in [0.3, 0.4) is 0 Å². The number of rotatable bonds is 4. The van der Waals surface area contributed by atoms with Gasteiger partial charge in [-0.3, -0.25) is 0 Å². The Bertz CT molecular complexity index is 874. The van der Waals surface area contributed by atoms with E-state index in [0.717, 1.165) is 0 Å². The highest BCUT2D eigenvalue weighted by molar-refractivity contribution is 8.01. The molecule has 0 fully saturated rings. The van der Waals surface area contributed by atoms with E-state index < -0.39 is 7.26 Å². The smallest absolute Gasteiger partial charge is 0.144 e. The van der Waals surface area contributed by atoms with Crippen LogP contribution in [0, 0.1) is 0 Å². The van der Waals surface area contributed by atoms with E-state index in [1.54, 1.807) is 12.1 Å². The quantitative estimate of drug-likeness (QED) is 0.475. The molecule has 0 amide bonds. The van der Waals surface area contributed by atoms with Gasteiger partial charge in [-0.1, -0.05) is 54.6 Å². The van der Waals surface area contributed by atoms with E-state index in [2.05, 4.69) is 103 Å². The Morgan fingerprint density at radius 2 is 0.704 bits per heavy atom. The lowest BCUT2D eigenvalue weighted by Gasteiger charge is -2.27. The standard InChI is InChI=1S/C24H19OP.BrH/c25-20-16-18-24(19-17-20)26(21-10-4-1-5-11-21,22-12-6-2-7-13-22)23-14-8-3-9-15-23;/h1-19H;1H.